The first kappa shape index (κ1) is 29.0. The molecule has 11 heteroatoms. The Balaban J connectivity index is 2.32. The second-order valence-corrected chi connectivity index (χ2v) is 7.86. The van der Waals surface area contributed by atoms with Crippen LogP contribution in [0.2, 0.25) is 0 Å². The number of hydrogen-bond donors (Lipinski definition) is 4. The van der Waals surface area contributed by atoms with Gasteiger partial charge in [-0.05, 0) is 31.5 Å². The van der Waals surface area contributed by atoms with E-state index in [-0.39, 0.29) is 18.8 Å². The molecular formula is C26H30N2O9. The third kappa shape index (κ3) is 8.43. The summed E-state index contributed by atoms with van der Waals surface area (Å²) in [5.41, 5.74) is 0.644. The van der Waals surface area contributed by atoms with Gasteiger partial charge in [-0.25, -0.2) is 4.79 Å². The number of aliphatic hydroxyl groups is 1. The normalized spacial score (nSPS) is 13.8. The minimum atomic E-state index is -1.96. The van der Waals surface area contributed by atoms with Crippen molar-refractivity contribution >= 4 is 29.7 Å². The Morgan fingerprint density at radius 3 is 1.95 bits per heavy atom. The van der Waals surface area contributed by atoms with Crippen LogP contribution in [0.25, 0.3) is 0 Å². The first-order valence-electron chi connectivity index (χ1n) is 11.6. The summed E-state index contributed by atoms with van der Waals surface area (Å²) in [6.45, 7) is 2.94. The van der Waals surface area contributed by atoms with Crippen LogP contribution in [0.5, 0.6) is 0 Å². The molecule has 4 atom stereocenters. The summed E-state index contributed by atoms with van der Waals surface area (Å²) in [5, 5.41) is 25.4. The molecule has 0 radical (unpaired) electrons. The SMILES string of the molecule is CCOC(=O)C[C@H](C(=O)OCC)[C@H](NC(=O)[C@H](O)[C@@H](NC(=O)c1ccccc1)c1ccccc1)C(=O)O. The second-order valence-electron chi connectivity index (χ2n) is 7.86. The Morgan fingerprint density at radius 2 is 1.41 bits per heavy atom. The third-order valence-corrected chi connectivity index (χ3v) is 5.31. The Labute approximate surface area is 213 Å². The fourth-order valence-electron chi connectivity index (χ4n) is 3.53. The number of ether oxygens (including phenoxy) is 2. The molecule has 0 spiro atoms. The van der Waals surface area contributed by atoms with E-state index in [4.69, 9.17) is 9.47 Å². The Hall–Kier alpha value is -4.25. The van der Waals surface area contributed by atoms with Gasteiger partial charge >= 0.3 is 17.9 Å². The van der Waals surface area contributed by atoms with Crippen molar-refractivity contribution in [3.8, 4) is 0 Å². The molecule has 4 N–H and O–H groups in total. The highest BCUT2D eigenvalue weighted by Crippen LogP contribution is 2.20. The molecule has 2 aromatic rings. The Morgan fingerprint density at radius 1 is 0.838 bits per heavy atom. The van der Waals surface area contributed by atoms with Crippen molar-refractivity contribution in [2.45, 2.75) is 38.5 Å². The lowest BCUT2D eigenvalue weighted by atomic mass is 9.94. The highest BCUT2D eigenvalue weighted by atomic mass is 16.5. The summed E-state index contributed by atoms with van der Waals surface area (Å²) in [7, 11) is 0. The number of esters is 2. The molecule has 0 unspecified atom stereocenters. The number of aliphatic hydroxyl groups excluding tert-OH is 1. The van der Waals surface area contributed by atoms with Gasteiger partial charge in [-0.3, -0.25) is 19.2 Å². The molecule has 37 heavy (non-hydrogen) atoms. The maximum atomic E-state index is 13.0. The highest BCUT2D eigenvalue weighted by molar-refractivity contribution is 5.96. The predicted octanol–water partition coefficient (Wildman–Crippen LogP) is 1.22. The summed E-state index contributed by atoms with van der Waals surface area (Å²) in [6.07, 6.45) is -2.63. The van der Waals surface area contributed by atoms with E-state index in [1.165, 1.54) is 13.8 Å². The number of amides is 2. The highest BCUT2D eigenvalue weighted by Gasteiger charge is 2.40. The summed E-state index contributed by atoms with van der Waals surface area (Å²) in [4.78, 5) is 62.3. The standard InChI is InChI=1S/C26H30N2O9/c1-3-36-19(29)15-18(26(35)37-4-2)21(25(33)34)28-24(32)22(30)20(16-11-7-5-8-12-16)27-23(31)17-13-9-6-10-14-17/h5-14,18,20-22,30H,3-4,15H2,1-2H3,(H,27,31)(H,28,32)(H,33,34)/t18-,20-,21-,22+/m0/s1. The monoisotopic (exact) mass is 514 g/mol. The molecule has 0 saturated heterocycles. The third-order valence-electron chi connectivity index (χ3n) is 5.31. The maximum absolute atomic E-state index is 13.0. The molecule has 2 amide bonds. The molecule has 2 aromatic carbocycles. The van der Waals surface area contributed by atoms with Crippen molar-refractivity contribution in [2.24, 2.45) is 5.92 Å². The average Bonchev–Trinajstić information content (AvgIpc) is 2.89. The van der Waals surface area contributed by atoms with Gasteiger partial charge < -0.3 is 30.3 Å². The van der Waals surface area contributed by atoms with E-state index in [1.807, 2.05) is 0 Å². The van der Waals surface area contributed by atoms with Crippen molar-refractivity contribution < 1.29 is 43.7 Å². The van der Waals surface area contributed by atoms with E-state index >= 15 is 0 Å². The lowest BCUT2D eigenvalue weighted by molar-refractivity contribution is -0.160. The van der Waals surface area contributed by atoms with E-state index < -0.39 is 60.2 Å². The van der Waals surface area contributed by atoms with E-state index in [0.717, 1.165) is 0 Å². The largest absolute Gasteiger partial charge is 0.480 e. The predicted molar refractivity (Wildman–Crippen MR) is 130 cm³/mol. The molecule has 198 valence electrons. The van der Waals surface area contributed by atoms with Crippen molar-refractivity contribution in [3.63, 3.8) is 0 Å². The molecule has 0 heterocycles. The summed E-state index contributed by atoms with van der Waals surface area (Å²) in [6, 6.07) is 13.0. The van der Waals surface area contributed by atoms with Gasteiger partial charge in [-0.15, -0.1) is 0 Å². The van der Waals surface area contributed by atoms with Crippen LogP contribution in [0, 0.1) is 5.92 Å². The number of carboxylic acids is 1. The van der Waals surface area contributed by atoms with Crippen LogP contribution >= 0.6 is 0 Å². The number of nitrogens with one attached hydrogen (secondary N) is 2. The Bertz CT molecular complexity index is 1080. The molecular weight excluding hydrogens is 484 g/mol. The lowest BCUT2D eigenvalue weighted by Crippen LogP contribution is -2.54. The van der Waals surface area contributed by atoms with Gasteiger partial charge in [0, 0.05) is 5.56 Å². The van der Waals surface area contributed by atoms with Crippen LogP contribution in [0.4, 0.5) is 0 Å². The van der Waals surface area contributed by atoms with Gasteiger partial charge in [0.25, 0.3) is 11.8 Å². The fourth-order valence-corrected chi connectivity index (χ4v) is 3.53. The number of benzene rings is 2. The van der Waals surface area contributed by atoms with Crippen molar-refractivity contribution in [1.29, 1.82) is 0 Å². The van der Waals surface area contributed by atoms with Crippen LogP contribution in [0.1, 0.15) is 42.2 Å². The second kappa shape index (κ2) is 14.3. The molecule has 11 nitrogen and oxygen atoms in total. The molecule has 0 aromatic heterocycles. The minimum absolute atomic E-state index is 0.00292. The van der Waals surface area contributed by atoms with Crippen LogP contribution in [0.3, 0.4) is 0 Å². The van der Waals surface area contributed by atoms with Gasteiger partial charge in [-0.2, -0.15) is 0 Å². The first-order valence-corrected chi connectivity index (χ1v) is 11.6. The average molecular weight is 515 g/mol. The zero-order valence-corrected chi connectivity index (χ0v) is 20.5. The number of carbonyl (C=O) groups is 5. The molecule has 0 bridgehead atoms. The number of carboxylic acid groups (broad SMARTS) is 1. The summed E-state index contributed by atoms with van der Waals surface area (Å²) >= 11 is 0. The van der Waals surface area contributed by atoms with Gasteiger partial charge in [0.05, 0.1) is 31.6 Å². The van der Waals surface area contributed by atoms with Crippen LogP contribution < -0.4 is 10.6 Å². The molecule has 0 aliphatic heterocycles. The molecule has 0 aliphatic rings. The zero-order chi connectivity index (χ0) is 27.4. The number of carbonyl (C=O) groups excluding carboxylic acids is 4. The van der Waals surface area contributed by atoms with E-state index in [2.05, 4.69) is 10.6 Å². The van der Waals surface area contributed by atoms with Crippen molar-refractivity contribution in [1.82, 2.24) is 10.6 Å². The lowest BCUT2D eigenvalue weighted by Gasteiger charge is -2.27. The maximum Gasteiger partial charge on any atom is 0.327 e. The van der Waals surface area contributed by atoms with Gasteiger partial charge in [0.1, 0.15) is 6.04 Å². The minimum Gasteiger partial charge on any atom is -0.480 e. The van der Waals surface area contributed by atoms with Gasteiger partial charge in [-0.1, -0.05) is 48.5 Å². The fraction of sp³-hybridized carbons (Fsp3) is 0.346. The van der Waals surface area contributed by atoms with Crippen LogP contribution in [0.15, 0.2) is 60.7 Å². The topological polar surface area (TPSA) is 168 Å². The van der Waals surface area contributed by atoms with Crippen LogP contribution in [-0.4, -0.2) is 65.3 Å². The van der Waals surface area contributed by atoms with E-state index in [0.29, 0.717) is 5.56 Å². The van der Waals surface area contributed by atoms with E-state index in [9.17, 15) is 34.2 Å². The van der Waals surface area contributed by atoms with Gasteiger partial charge in [0.15, 0.2) is 6.10 Å². The van der Waals surface area contributed by atoms with Gasteiger partial charge in [0.2, 0.25) is 0 Å². The summed E-state index contributed by atoms with van der Waals surface area (Å²) in [5.74, 6) is -6.92. The zero-order valence-electron chi connectivity index (χ0n) is 20.5. The molecule has 0 saturated carbocycles. The van der Waals surface area contributed by atoms with Crippen molar-refractivity contribution in [2.75, 3.05) is 13.2 Å². The summed E-state index contributed by atoms with van der Waals surface area (Å²) < 4.78 is 9.71. The number of rotatable bonds is 13. The Kier molecular flexibility index (Phi) is 11.2. The molecule has 2 rings (SSSR count). The first-order chi connectivity index (χ1) is 17.7. The number of hydrogen-bond acceptors (Lipinski definition) is 8. The quantitative estimate of drug-likeness (QED) is 0.287. The van der Waals surface area contributed by atoms with Crippen molar-refractivity contribution in [3.05, 3.63) is 71.8 Å². The number of aliphatic carboxylic acids is 1. The van der Waals surface area contributed by atoms with Crippen LogP contribution in [-0.2, 0) is 28.7 Å². The molecule has 0 aliphatic carbocycles. The molecule has 0 fully saturated rings. The smallest absolute Gasteiger partial charge is 0.327 e. The van der Waals surface area contributed by atoms with E-state index in [1.54, 1.807) is 60.7 Å².